The minimum Gasteiger partial charge on any atom is -0.316 e. The Morgan fingerprint density at radius 2 is 2.17 bits per heavy atom. The summed E-state index contributed by atoms with van der Waals surface area (Å²) < 4.78 is 26.8. The van der Waals surface area contributed by atoms with Gasteiger partial charge in [0, 0.05) is 19.6 Å². The number of sulfonamides is 1. The van der Waals surface area contributed by atoms with Crippen molar-refractivity contribution in [3.05, 3.63) is 0 Å². The summed E-state index contributed by atoms with van der Waals surface area (Å²) in [7, 11) is -1.09. The molecule has 0 aliphatic carbocycles. The third kappa shape index (κ3) is 5.22. The van der Waals surface area contributed by atoms with E-state index >= 15 is 0 Å². The Morgan fingerprint density at radius 3 is 2.78 bits per heavy atom. The summed E-state index contributed by atoms with van der Waals surface area (Å²) in [6.07, 6.45) is 2.28. The molecule has 0 spiro atoms. The second kappa shape index (κ2) is 7.43. The standard InChI is InChI=1S/C12H27N3O2S/c1-4-13-8-11(2)18(16,17)14-9-12-6-5-7-15(3)10-12/h11-14H,4-10H2,1-3H3. The lowest BCUT2D eigenvalue weighted by Gasteiger charge is -2.30. The Morgan fingerprint density at radius 1 is 1.44 bits per heavy atom. The van der Waals surface area contributed by atoms with E-state index in [4.69, 9.17) is 0 Å². The van der Waals surface area contributed by atoms with Crippen LogP contribution in [0.4, 0.5) is 0 Å². The second-order valence-corrected chi connectivity index (χ2v) is 7.47. The molecule has 1 fully saturated rings. The molecule has 0 bridgehead atoms. The highest BCUT2D eigenvalue weighted by Crippen LogP contribution is 2.14. The van der Waals surface area contributed by atoms with Crippen molar-refractivity contribution in [1.29, 1.82) is 0 Å². The smallest absolute Gasteiger partial charge is 0.215 e. The summed E-state index contributed by atoms with van der Waals surface area (Å²) in [5.74, 6) is 0.449. The van der Waals surface area contributed by atoms with Gasteiger partial charge in [-0.25, -0.2) is 13.1 Å². The van der Waals surface area contributed by atoms with Crippen LogP contribution in [0, 0.1) is 5.92 Å². The lowest BCUT2D eigenvalue weighted by molar-refractivity contribution is 0.211. The first-order valence-electron chi connectivity index (χ1n) is 6.83. The Bertz CT molecular complexity index is 332. The summed E-state index contributed by atoms with van der Waals surface area (Å²) in [6.45, 7) is 7.72. The van der Waals surface area contributed by atoms with Crippen LogP contribution in [-0.4, -0.2) is 58.3 Å². The molecule has 0 aromatic rings. The summed E-state index contributed by atoms with van der Waals surface area (Å²) in [5, 5.41) is 2.70. The van der Waals surface area contributed by atoms with E-state index in [1.807, 2.05) is 6.92 Å². The summed E-state index contributed by atoms with van der Waals surface area (Å²) in [4.78, 5) is 2.27. The molecule has 18 heavy (non-hydrogen) atoms. The lowest BCUT2D eigenvalue weighted by Crippen LogP contribution is -2.43. The van der Waals surface area contributed by atoms with Crippen LogP contribution >= 0.6 is 0 Å². The fourth-order valence-corrected chi connectivity index (χ4v) is 3.36. The molecule has 0 saturated carbocycles. The van der Waals surface area contributed by atoms with E-state index in [-0.39, 0.29) is 5.25 Å². The van der Waals surface area contributed by atoms with E-state index in [1.165, 1.54) is 0 Å². The quantitative estimate of drug-likeness (QED) is 0.700. The van der Waals surface area contributed by atoms with Gasteiger partial charge in [-0.15, -0.1) is 0 Å². The monoisotopic (exact) mass is 277 g/mol. The molecule has 2 unspecified atom stereocenters. The van der Waals surface area contributed by atoms with Crippen LogP contribution in [-0.2, 0) is 10.0 Å². The Kier molecular flexibility index (Phi) is 6.55. The molecule has 1 rings (SSSR count). The molecule has 1 saturated heterocycles. The van der Waals surface area contributed by atoms with Gasteiger partial charge in [0.25, 0.3) is 0 Å². The van der Waals surface area contributed by atoms with E-state index in [0.29, 0.717) is 19.0 Å². The Hall–Kier alpha value is -0.170. The predicted octanol–water partition coefficient (Wildman–Crippen LogP) is 0.246. The molecular weight excluding hydrogens is 250 g/mol. The SMILES string of the molecule is CCNCC(C)S(=O)(=O)NCC1CCCN(C)C1. The first-order chi connectivity index (χ1) is 8.45. The predicted molar refractivity (Wildman–Crippen MR) is 75.1 cm³/mol. The zero-order chi connectivity index (χ0) is 13.6. The zero-order valence-electron chi connectivity index (χ0n) is 11.8. The van der Waals surface area contributed by atoms with E-state index in [2.05, 4.69) is 22.0 Å². The van der Waals surface area contributed by atoms with Crippen LogP contribution in [0.15, 0.2) is 0 Å². The number of hydrogen-bond acceptors (Lipinski definition) is 4. The number of likely N-dealkylation sites (tertiary alicyclic amines) is 1. The van der Waals surface area contributed by atoms with Gasteiger partial charge in [-0.3, -0.25) is 0 Å². The van der Waals surface area contributed by atoms with Gasteiger partial charge in [0.2, 0.25) is 10.0 Å². The molecule has 2 atom stereocenters. The van der Waals surface area contributed by atoms with E-state index in [0.717, 1.165) is 32.5 Å². The van der Waals surface area contributed by atoms with Crippen molar-refractivity contribution >= 4 is 10.0 Å². The van der Waals surface area contributed by atoms with Gasteiger partial charge in [0.1, 0.15) is 0 Å². The summed E-state index contributed by atoms with van der Waals surface area (Å²) in [6, 6.07) is 0. The van der Waals surface area contributed by atoms with Crippen molar-refractivity contribution in [2.24, 2.45) is 5.92 Å². The highest BCUT2D eigenvalue weighted by Gasteiger charge is 2.23. The lowest BCUT2D eigenvalue weighted by atomic mass is 9.99. The topological polar surface area (TPSA) is 61.4 Å². The Labute approximate surface area is 111 Å². The molecule has 6 heteroatoms. The van der Waals surface area contributed by atoms with Crippen LogP contribution in [0.3, 0.4) is 0 Å². The average molecular weight is 277 g/mol. The maximum atomic E-state index is 12.0. The molecule has 1 heterocycles. The molecular formula is C12H27N3O2S. The van der Waals surface area contributed by atoms with Gasteiger partial charge < -0.3 is 10.2 Å². The molecule has 1 aliphatic rings. The third-order valence-corrected chi connectivity index (χ3v) is 5.30. The van der Waals surface area contributed by atoms with Crippen LogP contribution in [0.5, 0.6) is 0 Å². The van der Waals surface area contributed by atoms with Crippen molar-refractivity contribution in [2.45, 2.75) is 31.9 Å². The van der Waals surface area contributed by atoms with Gasteiger partial charge in [-0.2, -0.15) is 0 Å². The minimum absolute atomic E-state index is 0.376. The van der Waals surface area contributed by atoms with E-state index < -0.39 is 10.0 Å². The fourth-order valence-electron chi connectivity index (χ4n) is 2.27. The number of rotatable bonds is 7. The Balaban J connectivity index is 2.36. The normalized spacial score (nSPS) is 24.1. The van der Waals surface area contributed by atoms with Gasteiger partial charge in [0.15, 0.2) is 0 Å². The molecule has 2 N–H and O–H groups in total. The number of hydrogen-bond donors (Lipinski definition) is 2. The minimum atomic E-state index is -3.18. The van der Waals surface area contributed by atoms with E-state index in [1.54, 1.807) is 6.92 Å². The maximum Gasteiger partial charge on any atom is 0.215 e. The molecule has 0 amide bonds. The van der Waals surface area contributed by atoms with Crippen molar-refractivity contribution < 1.29 is 8.42 Å². The first-order valence-corrected chi connectivity index (χ1v) is 8.38. The van der Waals surface area contributed by atoms with E-state index in [9.17, 15) is 8.42 Å². The number of piperidine rings is 1. The molecule has 0 radical (unpaired) electrons. The molecule has 5 nitrogen and oxygen atoms in total. The maximum absolute atomic E-state index is 12.0. The first kappa shape index (κ1) is 15.9. The highest BCUT2D eigenvalue weighted by atomic mass is 32.2. The molecule has 0 aromatic heterocycles. The van der Waals surface area contributed by atoms with Crippen LogP contribution in [0.2, 0.25) is 0 Å². The second-order valence-electron chi connectivity index (χ2n) is 5.28. The van der Waals surface area contributed by atoms with Crippen LogP contribution in [0.25, 0.3) is 0 Å². The molecule has 108 valence electrons. The van der Waals surface area contributed by atoms with Crippen LogP contribution in [0.1, 0.15) is 26.7 Å². The average Bonchev–Trinajstić information content (AvgIpc) is 2.33. The third-order valence-electron chi connectivity index (χ3n) is 3.51. The zero-order valence-corrected chi connectivity index (χ0v) is 12.6. The van der Waals surface area contributed by atoms with Gasteiger partial charge in [-0.05, 0) is 45.8 Å². The van der Waals surface area contributed by atoms with Gasteiger partial charge in [0.05, 0.1) is 5.25 Å². The fraction of sp³-hybridized carbons (Fsp3) is 1.00. The van der Waals surface area contributed by atoms with Gasteiger partial charge >= 0.3 is 0 Å². The largest absolute Gasteiger partial charge is 0.316 e. The van der Waals surface area contributed by atoms with Crippen LogP contribution < -0.4 is 10.0 Å². The highest BCUT2D eigenvalue weighted by molar-refractivity contribution is 7.90. The van der Waals surface area contributed by atoms with Crippen molar-refractivity contribution in [1.82, 2.24) is 14.9 Å². The number of nitrogens with one attached hydrogen (secondary N) is 2. The van der Waals surface area contributed by atoms with Gasteiger partial charge in [-0.1, -0.05) is 6.92 Å². The summed E-state index contributed by atoms with van der Waals surface area (Å²) in [5.41, 5.74) is 0. The summed E-state index contributed by atoms with van der Waals surface area (Å²) >= 11 is 0. The molecule has 0 aromatic carbocycles. The van der Waals surface area contributed by atoms with Crippen molar-refractivity contribution in [3.8, 4) is 0 Å². The van der Waals surface area contributed by atoms with Crippen molar-refractivity contribution in [2.75, 3.05) is 39.8 Å². The van der Waals surface area contributed by atoms with Crippen molar-refractivity contribution in [3.63, 3.8) is 0 Å². The molecule has 1 aliphatic heterocycles. The number of nitrogens with zero attached hydrogens (tertiary/aromatic N) is 1.